The molecule has 0 N–H and O–H groups in total. The van der Waals surface area contributed by atoms with E-state index in [2.05, 4.69) is 6.07 Å². The summed E-state index contributed by atoms with van der Waals surface area (Å²) in [5, 5.41) is 0. The molecule has 0 atom stereocenters. The van der Waals surface area contributed by atoms with E-state index in [1.54, 1.807) is 12.1 Å². The number of rotatable bonds is 1. The van der Waals surface area contributed by atoms with Crippen LogP contribution in [0.5, 0.6) is 0 Å². The SMILES string of the molecule is Cc1cc[c]c(-c2ccc(F)c(F)c2)c1. The van der Waals surface area contributed by atoms with Gasteiger partial charge in [0.2, 0.25) is 0 Å². The van der Waals surface area contributed by atoms with Gasteiger partial charge in [0.05, 0.1) is 0 Å². The highest BCUT2D eigenvalue weighted by atomic mass is 19.2. The molecule has 0 aliphatic heterocycles. The van der Waals surface area contributed by atoms with Crippen LogP contribution in [0, 0.1) is 24.6 Å². The Kier molecular flexibility index (Phi) is 2.50. The minimum absolute atomic E-state index is 0.637. The second-order valence-electron chi connectivity index (χ2n) is 3.41. The molecule has 0 spiro atoms. The Morgan fingerprint density at radius 1 is 1.00 bits per heavy atom. The van der Waals surface area contributed by atoms with E-state index in [0.717, 1.165) is 17.2 Å². The Balaban J connectivity index is 2.50. The van der Waals surface area contributed by atoms with Gasteiger partial charge in [0.25, 0.3) is 0 Å². The van der Waals surface area contributed by atoms with E-state index >= 15 is 0 Å². The summed E-state index contributed by atoms with van der Waals surface area (Å²) in [4.78, 5) is 0. The van der Waals surface area contributed by atoms with Crippen molar-refractivity contribution >= 4 is 0 Å². The molecule has 2 aromatic rings. The molecule has 0 unspecified atom stereocenters. The van der Waals surface area contributed by atoms with Gasteiger partial charge in [-0.2, -0.15) is 0 Å². The molecule has 75 valence electrons. The average Bonchev–Trinajstić information content (AvgIpc) is 2.22. The van der Waals surface area contributed by atoms with Crippen molar-refractivity contribution in [3.05, 3.63) is 59.7 Å². The second kappa shape index (κ2) is 3.81. The highest BCUT2D eigenvalue weighted by Gasteiger charge is 2.04. The van der Waals surface area contributed by atoms with Gasteiger partial charge in [-0.05, 0) is 36.2 Å². The first-order chi connectivity index (χ1) is 7.16. The Hall–Kier alpha value is -1.70. The summed E-state index contributed by atoms with van der Waals surface area (Å²) in [7, 11) is 0. The van der Waals surface area contributed by atoms with Crippen molar-refractivity contribution in [2.75, 3.05) is 0 Å². The third-order valence-corrected chi connectivity index (χ3v) is 2.19. The van der Waals surface area contributed by atoms with Gasteiger partial charge in [0.15, 0.2) is 11.6 Å². The molecule has 0 saturated heterocycles. The first-order valence-corrected chi connectivity index (χ1v) is 4.60. The maximum absolute atomic E-state index is 13.0. The van der Waals surface area contributed by atoms with Gasteiger partial charge in [-0.3, -0.25) is 0 Å². The van der Waals surface area contributed by atoms with E-state index in [9.17, 15) is 8.78 Å². The van der Waals surface area contributed by atoms with Crippen molar-refractivity contribution in [2.24, 2.45) is 0 Å². The fourth-order valence-electron chi connectivity index (χ4n) is 1.41. The summed E-state index contributed by atoms with van der Waals surface area (Å²) in [5.41, 5.74) is 2.47. The number of hydrogen-bond donors (Lipinski definition) is 0. The zero-order valence-electron chi connectivity index (χ0n) is 8.22. The molecule has 2 aromatic carbocycles. The second-order valence-corrected chi connectivity index (χ2v) is 3.41. The van der Waals surface area contributed by atoms with Crippen molar-refractivity contribution in [3.63, 3.8) is 0 Å². The summed E-state index contributed by atoms with van der Waals surface area (Å²) in [6.07, 6.45) is 0. The number of halogens is 2. The first kappa shape index (κ1) is 9.84. The molecular formula is C13H9F2. The van der Waals surface area contributed by atoms with Gasteiger partial charge < -0.3 is 0 Å². The molecule has 0 fully saturated rings. The van der Waals surface area contributed by atoms with Gasteiger partial charge in [0.1, 0.15) is 0 Å². The van der Waals surface area contributed by atoms with Crippen LogP contribution in [0.3, 0.4) is 0 Å². The normalized spacial score (nSPS) is 10.3. The molecule has 0 heterocycles. The van der Waals surface area contributed by atoms with Crippen LogP contribution in [0.1, 0.15) is 5.56 Å². The molecule has 0 aliphatic rings. The maximum Gasteiger partial charge on any atom is 0.159 e. The zero-order chi connectivity index (χ0) is 10.8. The smallest absolute Gasteiger partial charge is 0.159 e. The number of aryl methyl sites for hydroxylation is 1. The van der Waals surface area contributed by atoms with E-state index in [0.29, 0.717) is 5.56 Å². The third-order valence-electron chi connectivity index (χ3n) is 2.19. The van der Waals surface area contributed by atoms with E-state index in [1.165, 1.54) is 6.07 Å². The summed E-state index contributed by atoms with van der Waals surface area (Å²) in [6, 6.07) is 12.4. The molecule has 2 rings (SSSR count). The molecule has 0 aliphatic carbocycles. The first-order valence-electron chi connectivity index (χ1n) is 4.60. The van der Waals surface area contributed by atoms with Crippen molar-refractivity contribution in [1.29, 1.82) is 0 Å². The van der Waals surface area contributed by atoms with E-state index in [-0.39, 0.29) is 0 Å². The number of hydrogen-bond acceptors (Lipinski definition) is 0. The quantitative estimate of drug-likeness (QED) is 0.662. The molecule has 15 heavy (non-hydrogen) atoms. The molecule has 2 heteroatoms. The van der Waals surface area contributed by atoms with Crippen LogP contribution in [0.15, 0.2) is 36.4 Å². The van der Waals surface area contributed by atoms with Gasteiger partial charge in [0, 0.05) is 0 Å². The highest BCUT2D eigenvalue weighted by Crippen LogP contribution is 2.21. The minimum atomic E-state index is -0.831. The predicted octanol–water partition coefficient (Wildman–Crippen LogP) is 3.74. The third kappa shape index (κ3) is 2.04. The summed E-state index contributed by atoms with van der Waals surface area (Å²) in [5.74, 6) is -1.66. The summed E-state index contributed by atoms with van der Waals surface area (Å²) >= 11 is 0. The van der Waals surface area contributed by atoms with Crippen LogP contribution < -0.4 is 0 Å². The summed E-state index contributed by atoms with van der Waals surface area (Å²) in [6.45, 7) is 1.94. The van der Waals surface area contributed by atoms with Gasteiger partial charge in [-0.15, -0.1) is 0 Å². The van der Waals surface area contributed by atoms with Gasteiger partial charge >= 0.3 is 0 Å². The lowest BCUT2D eigenvalue weighted by Gasteiger charge is -2.02. The lowest BCUT2D eigenvalue weighted by molar-refractivity contribution is 0.509. The lowest BCUT2D eigenvalue weighted by atomic mass is 10.0. The van der Waals surface area contributed by atoms with Crippen LogP contribution in [0.4, 0.5) is 8.78 Å². The molecule has 0 aromatic heterocycles. The average molecular weight is 203 g/mol. The molecule has 0 nitrogen and oxygen atoms in total. The van der Waals surface area contributed by atoms with Crippen LogP contribution in [0.25, 0.3) is 11.1 Å². The number of benzene rings is 2. The Morgan fingerprint density at radius 2 is 1.80 bits per heavy atom. The van der Waals surface area contributed by atoms with Crippen molar-refractivity contribution in [2.45, 2.75) is 6.92 Å². The van der Waals surface area contributed by atoms with Crippen LogP contribution >= 0.6 is 0 Å². The lowest BCUT2D eigenvalue weighted by Crippen LogP contribution is -1.85. The zero-order valence-corrected chi connectivity index (χ0v) is 8.22. The van der Waals surface area contributed by atoms with Crippen LogP contribution in [-0.4, -0.2) is 0 Å². The minimum Gasteiger partial charge on any atom is -0.204 e. The predicted molar refractivity (Wildman–Crippen MR) is 55.4 cm³/mol. The molecule has 0 bridgehead atoms. The largest absolute Gasteiger partial charge is 0.204 e. The standard InChI is InChI=1S/C13H9F2/c1-9-3-2-4-10(7-9)11-5-6-12(14)13(15)8-11/h2-3,5-8H,1H3. The highest BCUT2D eigenvalue weighted by molar-refractivity contribution is 5.63. The van der Waals surface area contributed by atoms with Crippen LogP contribution in [0.2, 0.25) is 0 Å². The van der Waals surface area contributed by atoms with Gasteiger partial charge in [-0.1, -0.05) is 29.8 Å². The molecule has 0 saturated carbocycles. The van der Waals surface area contributed by atoms with Crippen molar-refractivity contribution in [1.82, 2.24) is 0 Å². The van der Waals surface area contributed by atoms with Gasteiger partial charge in [-0.25, -0.2) is 8.78 Å². The monoisotopic (exact) mass is 203 g/mol. The van der Waals surface area contributed by atoms with Crippen molar-refractivity contribution in [3.8, 4) is 11.1 Å². The van der Waals surface area contributed by atoms with Crippen LogP contribution in [-0.2, 0) is 0 Å². The Morgan fingerprint density at radius 3 is 2.47 bits per heavy atom. The molecule has 1 radical (unpaired) electrons. The fraction of sp³-hybridized carbons (Fsp3) is 0.0769. The Labute approximate surface area is 87.2 Å². The van der Waals surface area contributed by atoms with E-state index < -0.39 is 11.6 Å². The van der Waals surface area contributed by atoms with E-state index in [1.807, 2.05) is 19.1 Å². The maximum atomic E-state index is 13.0. The topological polar surface area (TPSA) is 0 Å². The van der Waals surface area contributed by atoms with E-state index in [4.69, 9.17) is 0 Å². The summed E-state index contributed by atoms with van der Waals surface area (Å²) < 4.78 is 25.7. The molecule has 0 amide bonds. The molecular weight excluding hydrogens is 194 g/mol. The van der Waals surface area contributed by atoms with Crippen molar-refractivity contribution < 1.29 is 8.78 Å². The Bertz CT molecular complexity index is 490. The fourth-order valence-corrected chi connectivity index (χ4v) is 1.41.